The molecule has 0 spiro atoms. The first kappa shape index (κ1) is 34.7. The van der Waals surface area contributed by atoms with Crippen LogP contribution in [0.1, 0.15) is 40.0 Å². The average Bonchev–Trinajstić information content (AvgIpc) is 2.18. The van der Waals surface area contributed by atoms with Gasteiger partial charge in [0.15, 0.2) is 0 Å². The molecule has 0 amide bonds. The monoisotopic (exact) mass is 972 g/mol. The summed E-state index contributed by atoms with van der Waals surface area (Å²) < 4.78 is 103. The topological polar surface area (TPSA) is 35.9 Å². The first-order valence-corrected chi connectivity index (χ1v) is 24.9. The van der Waals surface area contributed by atoms with Crippen LogP contribution in [0.15, 0.2) is 249 Å². The van der Waals surface area contributed by atoms with Gasteiger partial charge >= 0.3 is 0 Å². The van der Waals surface area contributed by atoms with E-state index in [1.165, 1.54) is 0 Å². The number of nitrogens with zero attached hydrogens (tertiary/aromatic N) is 4. The van der Waals surface area contributed by atoms with Gasteiger partial charge in [-0.3, -0.25) is 13.7 Å². The normalized spacial score (nSPS) is 13.8. The Morgan fingerprint density at radius 3 is 1.72 bits per heavy atom. The summed E-state index contributed by atoms with van der Waals surface area (Å²) in [6, 6.07) is 54.6. The molecule has 1 aliphatic rings. The third-order valence-corrected chi connectivity index (χ3v) is 14.3. The lowest BCUT2D eigenvalue weighted by Crippen LogP contribution is -2.31. The second-order valence-corrected chi connectivity index (χ2v) is 19.7. The zero-order valence-corrected chi connectivity index (χ0v) is 41.1. The van der Waals surface area contributed by atoms with Crippen LogP contribution in [-0.4, -0.2) is 14.1 Å². The molecule has 0 N–H and O–H groups in total. The van der Waals surface area contributed by atoms with Crippen LogP contribution < -0.4 is 9.30 Å². The molecule has 75 heavy (non-hydrogen) atoms. The molecule has 0 atom stereocenters. The lowest BCUT2D eigenvalue weighted by molar-refractivity contribution is -0.571. The molecule has 356 valence electrons. The highest BCUT2D eigenvalue weighted by molar-refractivity contribution is 6.11. The molecular weight excluding hydrogens is 913 g/mol. The largest absolute Gasteiger partial charge is 0.458 e. The predicted octanol–water partition coefficient (Wildman–Crippen LogP) is 17.6. The van der Waals surface area contributed by atoms with Crippen molar-refractivity contribution in [1.29, 1.82) is 0 Å². The summed E-state index contributed by atoms with van der Waals surface area (Å²) in [5.41, 5.74) is 12.5. The Kier molecular flexibility index (Phi) is 8.14. The standard InChI is InChI=1S/C70H50N4O/c1-70(2,3)48-40-41-71-66(42-48)74-63-35-17-16-31-59(63)60-37-36-51(44-65(60)74)75-50-25-18-24-49(43-50)72-45-73(68-52(46-20-6-4-7-21-46)33-19-34-53(68)47-22-8-5-9-23-47)64-39-38-62-58-30-13-12-28-56(58)54-26-10-11-27-55(54)57-29-14-15-32-61(57)67(62)69(64)72/h4-44H,1-3H3/i4D,5D,6D,7D,8D,9D,20D,21D,22D,23D. The van der Waals surface area contributed by atoms with Gasteiger partial charge in [0.1, 0.15) is 17.3 Å². The smallest absolute Gasteiger partial charge is 0.269 e. The Morgan fingerprint density at radius 1 is 0.493 bits per heavy atom. The van der Waals surface area contributed by atoms with Crippen LogP contribution in [0.25, 0.3) is 117 Å². The molecule has 3 aromatic heterocycles. The van der Waals surface area contributed by atoms with Crippen LogP contribution in [0.3, 0.4) is 0 Å². The summed E-state index contributed by atoms with van der Waals surface area (Å²) in [6.07, 6.45) is 5.55. The molecule has 0 saturated heterocycles. The summed E-state index contributed by atoms with van der Waals surface area (Å²) in [6.45, 7) is 6.56. The second-order valence-electron chi connectivity index (χ2n) is 19.7. The van der Waals surface area contributed by atoms with E-state index in [4.69, 9.17) is 17.9 Å². The van der Waals surface area contributed by atoms with Gasteiger partial charge in [0.2, 0.25) is 0 Å². The Hall–Kier alpha value is -9.58. The van der Waals surface area contributed by atoms with E-state index >= 15 is 0 Å². The van der Waals surface area contributed by atoms with Crippen LogP contribution >= 0.6 is 0 Å². The summed E-state index contributed by atoms with van der Waals surface area (Å²) in [5.74, 6) is 1.85. The molecular formula is C70H50N4O. The number of benzene rings is 10. The fourth-order valence-electron chi connectivity index (χ4n) is 10.9. The molecule has 0 radical (unpaired) electrons. The number of para-hydroxylation sites is 2. The SMILES string of the molecule is [2H]c1c([2H])c([2H])c(-c2cccc(-c3c([2H])c([2H])c([2H])c([2H])c3[2H])c2-[n+]2[c-]n(-c3cccc(Oc4ccc5c6ccccc6n(-c6cc(C(C)(C)C)ccn6)c5c4)c3)c3c4c(ccc32)-c2ccccc2-c2ccccc2-c2ccccc2-4)c([2H])c1[2H]. The predicted molar refractivity (Wildman–Crippen MR) is 307 cm³/mol. The number of ether oxygens (including phenoxy) is 1. The number of fused-ring (bicyclic) bond motifs is 13. The fourth-order valence-corrected chi connectivity index (χ4v) is 10.9. The maximum Gasteiger partial charge on any atom is 0.269 e. The number of hydrogen-bond donors (Lipinski definition) is 0. The van der Waals surface area contributed by atoms with Crippen molar-refractivity contribution >= 4 is 32.8 Å². The maximum absolute atomic E-state index is 9.37. The van der Waals surface area contributed by atoms with Crippen molar-refractivity contribution < 1.29 is 23.0 Å². The highest BCUT2D eigenvalue weighted by Crippen LogP contribution is 2.50. The number of aromatic nitrogens is 4. The van der Waals surface area contributed by atoms with E-state index in [1.807, 2.05) is 102 Å². The summed E-state index contributed by atoms with van der Waals surface area (Å²) in [5, 5.41) is 2.10. The molecule has 0 aliphatic heterocycles. The number of pyridine rings is 1. The Labute approximate surface area is 450 Å². The summed E-state index contributed by atoms with van der Waals surface area (Å²) in [7, 11) is 0. The van der Waals surface area contributed by atoms with Gasteiger partial charge in [-0.05, 0) is 126 Å². The van der Waals surface area contributed by atoms with E-state index in [0.29, 0.717) is 28.2 Å². The highest BCUT2D eigenvalue weighted by atomic mass is 16.5. The lowest BCUT2D eigenvalue weighted by atomic mass is 9.80. The summed E-state index contributed by atoms with van der Waals surface area (Å²) >= 11 is 0. The van der Waals surface area contributed by atoms with Gasteiger partial charge in [-0.15, -0.1) is 0 Å². The van der Waals surface area contributed by atoms with E-state index < -0.39 is 60.4 Å². The van der Waals surface area contributed by atoms with Crippen LogP contribution in [0.4, 0.5) is 0 Å². The third-order valence-electron chi connectivity index (χ3n) is 14.3. The molecule has 14 rings (SSSR count). The molecule has 10 aromatic carbocycles. The van der Waals surface area contributed by atoms with Crippen molar-refractivity contribution in [2.24, 2.45) is 0 Å². The van der Waals surface area contributed by atoms with E-state index in [1.54, 1.807) is 22.8 Å². The minimum atomic E-state index is -0.579. The lowest BCUT2D eigenvalue weighted by Gasteiger charge is -2.24. The van der Waals surface area contributed by atoms with Crippen LogP contribution in [0.5, 0.6) is 11.5 Å². The number of imidazole rings is 1. The first-order valence-electron chi connectivity index (χ1n) is 29.9. The zero-order chi connectivity index (χ0) is 58.9. The van der Waals surface area contributed by atoms with E-state index in [-0.39, 0.29) is 33.4 Å². The third kappa shape index (κ3) is 7.38. The molecule has 1 aliphatic carbocycles. The molecule has 0 unspecified atom stereocenters. The zero-order valence-electron chi connectivity index (χ0n) is 51.1. The van der Waals surface area contributed by atoms with Crippen LogP contribution in [0, 0.1) is 6.33 Å². The van der Waals surface area contributed by atoms with Gasteiger partial charge in [0.25, 0.3) is 6.33 Å². The molecule has 0 saturated carbocycles. The van der Waals surface area contributed by atoms with Crippen molar-refractivity contribution in [3.63, 3.8) is 0 Å². The van der Waals surface area contributed by atoms with Gasteiger partial charge in [0.05, 0.1) is 47.1 Å². The maximum atomic E-state index is 9.37. The average molecular weight is 973 g/mol. The van der Waals surface area contributed by atoms with Gasteiger partial charge < -0.3 is 4.74 Å². The van der Waals surface area contributed by atoms with Crippen molar-refractivity contribution in [1.82, 2.24) is 14.1 Å². The van der Waals surface area contributed by atoms with Gasteiger partial charge in [0, 0.05) is 23.0 Å². The van der Waals surface area contributed by atoms with Crippen molar-refractivity contribution in [3.05, 3.63) is 261 Å². The van der Waals surface area contributed by atoms with Crippen LogP contribution in [-0.2, 0) is 5.41 Å². The Bertz CT molecular complexity index is 4850. The molecule has 13 aromatic rings. The van der Waals surface area contributed by atoms with E-state index in [2.05, 4.69) is 104 Å². The fraction of sp³-hybridized carbons (Fsp3) is 0.0571. The molecule has 5 heteroatoms. The van der Waals surface area contributed by atoms with Gasteiger partial charge in [-0.25, -0.2) is 4.98 Å². The minimum Gasteiger partial charge on any atom is -0.458 e. The van der Waals surface area contributed by atoms with E-state index in [9.17, 15) is 5.48 Å². The number of hydrogen-bond acceptors (Lipinski definition) is 2. The van der Waals surface area contributed by atoms with Gasteiger partial charge in [-0.1, -0.05) is 209 Å². The van der Waals surface area contributed by atoms with Crippen LogP contribution in [0.2, 0.25) is 0 Å². The molecule has 0 fully saturated rings. The second kappa shape index (κ2) is 17.6. The first-order chi connectivity index (χ1) is 41.0. The molecule has 0 bridgehead atoms. The summed E-state index contributed by atoms with van der Waals surface area (Å²) in [4.78, 5) is 4.90. The van der Waals surface area contributed by atoms with Crippen molar-refractivity contribution in [2.75, 3.05) is 0 Å². The Morgan fingerprint density at radius 2 is 1.05 bits per heavy atom. The quantitative estimate of drug-likeness (QED) is 0.118. The number of rotatable bonds is 7. The highest BCUT2D eigenvalue weighted by Gasteiger charge is 2.28. The van der Waals surface area contributed by atoms with E-state index in [0.717, 1.165) is 77.7 Å². The van der Waals surface area contributed by atoms with Gasteiger partial charge in [-0.2, -0.15) is 0 Å². The molecule has 5 nitrogen and oxygen atoms in total. The Balaban J connectivity index is 1.06. The molecule has 3 heterocycles. The van der Waals surface area contributed by atoms with Crippen molar-refractivity contribution in [3.8, 4) is 95.5 Å². The minimum absolute atomic E-state index is 0.116. The van der Waals surface area contributed by atoms with Crippen molar-refractivity contribution in [2.45, 2.75) is 26.2 Å².